The molecule has 0 saturated carbocycles. The number of rotatable bonds is 1. The normalized spacial score (nSPS) is 49.2. The number of nitrogens with two attached hydrogens (primary N) is 1. The largest absolute Gasteiger partial charge is 0.394 e. The Morgan fingerprint density at radius 2 is 2.00 bits per heavy atom. The Morgan fingerprint density at radius 1 is 1.42 bits per heavy atom. The molecular formula is C7H15NO4. The van der Waals surface area contributed by atoms with Gasteiger partial charge in [0.25, 0.3) is 0 Å². The summed E-state index contributed by atoms with van der Waals surface area (Å²) in [4.78, 5) is 0. The van der Waals surface area contributed by atoms with Crippen LogP contribution in [0.25, 0.3) is 0 Å². The van der Waals surface area contributed by atoms with Crippen molar-refractivity contribution in [2.45, 2.75) is 31.5 Å². The number of hydrogen-bond donors (Lipinski definition) is 4. The molecule has 1 saturated heterocycles. The second-order valence-corrected chi connectivity index (χ2v) is 3.17. The highest BCUT2D eigenvalue weighted by Gasteiger charge is 2.39. The van der Waals surface area contributed by atoms with Crippen LogP contribution in [0.15, 0.2) is 0 Å². The third-order valence-corrected chi connectivity index (χ3v) is 2.35. The number of hydrogen-bond acceptors (Lipinski definition) is 5. The van der Waals surface area contributed by atoms with Crippen LogP contribution in [0, 0.1) is 5.92 Å². The van der Waals surface area contributed by atoms with Crippen molar-refractivity contribution >= 4 is 0 Å². The van der Waals surface area contributed by atoms with Crippen molar-refractivity contribution < 1.29 is 20.1 Å². The Bertz CT molecular complexity index is 150. The topological polar surface area (TPSA) is 95.9 Å². The summed E-state index contributed by atoms with van der Waals surface area (Å²) in [5, 5.41) is 27.4. The van der Waals surface area contributed by atoms with E-state index in [1.54, 1.807) is 6.92 Å². The van der Waals surface area contributed by atoms with Gasteiger partial charge in [0.15, 0.2) is 6.29 Å². The molecule has 5 nitrogen and oxygen atoms in total. The van der Waals surface area contributed by atoms with Crippen LogP contribution in [0.2, 0.25) is 0 Å². The zero-order valence-electron chi connectivity index (χ0n) is 6.92. The first kappa shape index (κ1) is 9.88. The van der Waals surface area contributed by atoms with Crippen molar-refractivity contribution in [1.29, 1.82) is 0 Å². The molecule has 1 rings (SSSR count). The summed E-state index contributed by atoms with van der Waals surface area (Å²) in [5.41, 5.74) is 5.51. The molecular weight excluding hydrogens is 162 g/mol. The van der Waals surface area contributed by atoms with Gasteiger partial charge in [0.05, 0.1) is 18.8 Å². The summed E-state index contributed by atoms with van der Waals surface area (Å²) in [6.07, 6.45) is -2.64. The van der Waals surface area contributed by atoms with E-state index in [1.807, 2.05) is 0 Å². The first-order valence-electron chi connectivity index (χ1n) is 3.96. The molecule has 0 spiro atoms. The van der Waals surface area contributed by atoms with Crippen LogP contribution in [0.3, 0.4) is 0 Å². The van der Waals surface area contributed by atoms with Gasteiger partial charge in [0.1, 0.15) is 6.10 Å². The van der Waals surface area contributed by atoms with Crippen molar-refractivity contribution in [2.24, 2.45) is 11.7 Å². The standard InChI is InChI=1S/C7H15NO4/c1-3-5(8)7(11)12-4(2-9)6(3)10/h3-7,9-11H,2,8H2,1H3/t3-,4-,5-,6+,7?/m1/s1. The summed E-state index contributed by atoms with van der Waals surface area (Å²) < 4.78 is 4.86. The molecule has 5 N–H and O–H groups in total. The molecule has 5 heteroatoms. The second kappa shape index (κ2) is 3.68. The minimum Gasteiger partial charge on any atom is -0.394 e. The average Bonchev–Trinajstić information content (AvgIpc) is 2.08. The van der Waals surface area contributed by atoms with Gasteiger partial charge >= 0.3 is 0 Å². The lowest BCUT2D eigenvalue weighted by Gasteiger charge is -2.39. The van der Waals surface area contributed by atoms with E-state index >= 15 is 0 Å². The molecule has 12 heavy (non-hydrogen) atoms. The Morgan fingerprint density at radius 3 is 2.50 bits per heavy atom. The molecule has 1 aliphatic rings. The molecule has 1 fully saturated rings. The molecule has 0 aromatic rings. The van der Waals surface area contributed by atoms with Crippen LogP contribution in [0.5, 0.6) is 0 Å². The zero-order valence-corrected chi connectivity index (χ0v) is 6.92. The predicted octanol–water partition coefficient (Wildman–Crippen LogP) is -1.98. The van der Waals surface area contributed by atoms with Gasteiger partial charge in [-0.1, -0.05) is 6.92 Å². The Hall–Kier alpha value is -0.200. The van der Waals surface area contributed by atoms with E-state index in [4.69, 9.17) is 15.6 Å². The zero-order chi connectivity index (χ0) is 9.30. The summed E-state index contributed by atoms with van der Waals surface area (Å²) >= 11 is 0. The van der Waals surface area contributed by atoms with E-state index in [0.29, 0.717) is 0 Å². The summed E-state index contributed by atoms with van der Waals surface area (Å²) in [6, 6.07) is -0.595. The van der Waals surface area contributed by atoms with Gasteiger partial charge < -0.3 is 25.8 Å². The highest BCUT2D eigenvalue weighted by molar-refractivity contribution is 4.87. The summed E-state index contributed by atoms with van der Waals surface area (Å²) in [5.74, 6) is -0.272. The fraction of sp³-hybridized carbons (Fsp3) is 1.00. The lowest BCUT2D eigenvalue weighted by molar-refractivity contribution is -0.233. The van der Waals surface area contributed by atoms with Crippen molar-refractivity contribution in [2.75, 3.05) is 6.61 Å². The molecule has 0 aromatic carbocycles. The summed E-state index contributed by atoms with van der Waals surface area (Å²) in [6.45, 7) is 1.40. The van der Waals surface area contributed by atoms with Gasteiger partial charge in [-0.25, -0.2) is 0 Å². The van der Waals surface area contributed by atoms with E-state index < -0.39 is 24.5 Å². The maximum atomic E-state index is 9.45. The molecule has 72 valence electrons. The maximum Gasteiger partial charge on any atom is 0.170 e. The van der Waals surface area contributed by atoms with Crippen LogP contribution in [-0.4, -0.2) is 46.5 Å². The van der Waals surface area contributed by atoms with Crippen LogP contribution >= 0.6 is 0 Å². The van der Waals surface area contributed by atoms with Crippen LogP contribution in [0.4, 0.5) is 0 Å². The summed E-state index contributed by atoms with van der Waals surface area (Å²) in [7, 11) is 0. The monoisotopic (exact) mass is 177 g/mol. The SMILES string of the molecule is C[C@H]1[C@H](O)[C@@H](CO)OC(O)[C@@H]1N. The lowest BCUT2D eigenvalue weighted by atomic mass is 9.90. The minimum absolute atomic E-state index is 0.272. The third kappa shape index (κ3) is 1.60. The smallest absolute Gasteiger partial charge is 0.170 e. The van der Waals surface area contributed by atoms with Gasteiger partial charge in [-0.3, -0.25) is 0 Å². The van der Waals surface area contributed by atoms with E-state index in [2.05, 4.69) is 0 Å². The Kier molecular flexibility index (Phi) is 3.03. The van der Waals surface area contributed by atoms with Crippen molar-refractivity contribution in [3.63, 3.8) is 0 Å². The molecule has 0 amide bonds. The molecule has 1 heterocycles. The predicted molar refractivity (Wildman–Crippen MR) is 41.1 cm³/mol. The van der Waals surface area contributed by atoms with Crippen LogP contribution < -0.4 is 5.73 Å². The molecule has 1 aliphatic heterocycles. The van der Waals surface area contributed by atoms with Gasteiger partial charge in [-0.2, -0.15) is 0 Å². The van der Waals surface area contributed by atoms with Gasteiger partial charge in [0, 0.05) is 5.92 Å². The second-order valence-electron chi connectivity index (χ2n) is 3.17. The van der Waals surface area contributed by atoms with Crippen molar-refractivity contribution in [3.05, 3.63) is 0 Å². The van der Waals surface area contributed by atoms with E-state index in [0.717, 1.165) is 0 Å². The van der Waals surface area contributed by atoms with Gasteiger partial charge in [0.2, 0.25) is 0 Å². The quantitative estimate of drug-likeness (QED) is 0.372. The van der Waals surface area contributed by atoms with Gasteiger partial charge in [-0.05, 0) is 0 Å². The van der Waals surface area contributed by atoms with Crippen molar-refractivity contribution in [3.8, 4) is 0 Å². The van der Waals surface area contributed by atoms with E-state index in [1.165, 1.54) is 0 Å². The first-order chi connectivity index (χ1) is 5.57. The Balaban J connectivity index is 2.63. The first-order valence-corrected chi connectivity index (χ1v) is 3.96. The molecule has 0 aromatic heterocycles. The fourth-order valence-corrected chi connectivity index (χ4v) is 1.33. The average molecular weight is 177 g/mol. The molecule has 5 atom stereocenters. The number of aliphatic hydroxyl groups is 3. The third-order valence-electron chi connectivity index (χ3n) is 2.35. The van der Waals surface area contributed by atoms with Crippen LogP contribution in [0.1, 0.15) is 6.92 Å². The number of aliphatic hydroxyl groups excluding tert-OH is 3. The molecule has 0 aliphatic carbocycles. The lowest BCUT2D eigenvalue weighted by Crippen LogP contribution is -2.57. The highest BCUT2D eigenvalue weighted by atomic mass is 16.6. The number of ether oxygens (including phenoxy) is 1. The minimum atomic E-state index is -1.10. The Labute approximate surface area is 70.8 Å². The fourth-order valence-electron chi connectivity index (χ4n) is 1.33. The maximum absolute atomic E-state index is 9.45. The van der Waals surface area contributed by atoms with Crippen LogP contribution in [-0.2, 0) is 4.74 Å². The molecule has 1 unspecified atom stereocenters. The van der Waals surface area contributed by atoms with Gasteiger partial charge in [-0.15, -0.1) is 0 Å². The molecule has 0 radical (unpaired) electrons. The van der Waals surface area contributed by atoms with E-state index in [-0.39, 0.29) is 12.5 Å². The van der Waals surface area contributed by atoms with E-state index in [9.17, 15) is 10.2 Å². The molecule has 0 bridgehead atoms. The highest BCUT2D eigenvalue weighted by Crippen LogP contribution is 2.22. The van der Waals surface area contributed by atoms with Crippen molar-refractivity contribution in [1.82, 2.24) is 0 Å².